The van der Waals surface area contributed by atoms with Gasteiger partial charge in [-0.25, -0.2) is 0 Å². The van der Waals surface area contributed by atoms with Gasteiger partial charge in [0.2, 0.25) is 5.91 Å². The standard InChI is InChI=1S/C30H43NO9/c1-16(33)31-21-11-22(35)24(13-32)40-25(21)14-39-15-26(37)30(38)9-7-20-19-5-4-17-10-18(34)6-8-28(17,2)27(19)23(36)12-29(20,30)3/h6,8,10,19-25,27,32,35-36,38H,4-5,7,9,11-15H2,1-3H3,(H,31,33)/t19?,20?,21?,22?,23?,24?,25?,27?,28?,29?,30-/m0/s1. The number of ether oxygens (including phenoxy) is 2. The van der Waals surface area contributed by atoms with E-state index in [1.165, 1.54) is 6.92 Å². The summed E-state index contributed by atoms with van der Waals surface area (Å²) >= 11 is 0. The van der Waals surface area contributed by atoms with Gasteiger partial charge in [0.25, 0.3) is 0 Å². The Hall–Kier alpha value is -1.95. The van der Waals surface area contributed by atoms with Gasteiger partial charge in [-0.05, 0) is 62.5 Å². The predicted molar refractivity (Wildman–Crippen MR) is 143 cm³/mol. The van der Waals surface area contributed by atoms with E-state index in [1.807, 2.05) is 13.0 Å². The molecule has 10 nitrogen and oxygen atoms in total. The fourth-order valence-electron chi connectivity index (χ4n) is 8.88. The fraction of sp³-hybridized carbons (Fsp3) is 0.767. The van der Waals surface area contributed by atoms with Gasteiger partial charge in [-0.2, -0.15) is 0 Å². The molecule has 0 radical (unpaired) electrons. The minimum absolute atomic E-state index is 0.0213. The number of amides is 1. The Bertz CT molecular complexity index is 1100. The third kappa shape index (κ3) is 4.70. The first kappa shape index (κ1) is 29.5. The van der Waals surface area contributed by atoms with Gasteiger partial charge < -0.3 is 35.2 Å². The summed E-state index contributed by atoms with van der Waals surface area (Å²) in [5.41, 5.74) is -1.85. The Balaban J connectivity index is 1.28. The van der Waals surface area contributed by atoms with Crippen LogP contribution in [0.2, 0.25) is 0 Å². The zero-order chi connectivity index (χ0) is 29.0. The molecule has 11 atom stereocenters. The lowest BCUT2D eigenvalue weighted by atomic mass is 9.46. The number of aliphatic hydroxyl groups is 4. The molecule has 40 heavy (non-hydrogen) atoms. The van der Waals surface area contributed by atoms with Gasteiger partial charge in [-0.15, -0.1) is 0 Å². The van der Waals surface area contributed by atoms with Crippen molar-refractivity contribution in [2.75, 3.05) is 19.8 Å². The maximum absolute atomic E-state index is 13.6. The maximum atomic E-state index is 13.6. The van der Waals surface area contributed by atoms with Crippen molar-refractivity contribution in [2.45, 2.75) is 95.4 Å². The summed E-state index contributed by atoms with van der Waals surface area (Å²) in [5.74, 6) is -0.712. The van der Waals surface area contributed by atoms with Crippen LogP contribution in [-0.4, -0.2) is 93.8 Å². The Morgan fingerprint density at radius 3 is 2.62 bits per heavy atom. The van der Waals surface area contributed by atoms with Crippen molar-refractivity contribution in [3.63, 3.8) is 0 Å². The molecule has 5 aliphatic rings. The molecular formula is C30H43NO9. The van der Waals surface area contributed by atoms with Crippen LogP contribution < -0.4 is 5.32 Å². The maximum Gasteiger partial charge on any atom is 0.217 e. The Morgan fingerprint density at radius 1 is 1.18 bits per heavy atom. The van der Waals surface area contributed by atoms with Crippen LogP contribution in [0.25, 0.3) is 0 Å². The van der Waals surface area contributed by atoms with Crippen LogP contribution >= 0.6 is 0 Å². The average Bonchev–Trinajstić information content (AvgIpc) is 3.16. The van der Waals surface area contributed by atoms with E-state index in [9.17, 15) is 34.8 Å². The minimum atomic E-state index is -1.66. The molecule has 4 aliphatic carbocycles. The van der Waals surface area contributed by atoms with Crippen molar-refractivity contribution in [2.24, 2.45) is 28.6 Å². The van der Waals surface area contributed by atoms with Crippen LogP contribution in [0.5, 0.6) is 0 Å². The molecule has 0 aromatic heterocycles. The lowest BCUT2D eigenvalue weighted by Gasteiger charge is -2.59. The molecule has 4 fully saturated rings. The number of carbonyl (C=O) groups is 3. The SMILES string of the molecule is CC(=O)NC1CC(O)C(CO)OC1COCC(=O)[C@@]1(O)CCC2C3CCC4=CC(=O)C=CC4(C)C3C(O)CC21C. The number of Topliss-reactive ketones (excluding diaryl/α,β-unsaturated/α-hetero) is 1. The number of hydrogen-bond donors (Lipinski definition) is 5. The second-order valence-corrected chi connectivity index (χ2v) is 13.1. The van der Waals surface area contributed by atoms with Crippen molar-refractivity contribution in [3.05, 3.63) is 23.8 Å². The van der Waals surface area contributed by atoms with Gasteiger partial charge in [0.15, 0.2) is 11.6 Å². The van der Waals surface area contributed by atoms with Gasteiger partial charge in [0.1, 0.15) is 24.4 Å². The summed E-state index contributed by atoms with van der Waals surface area (Å²) in [7, 11) is 0. The summed E-state index contributed by atoms with van der Waals surface area (Å²) in [6.45, 7) is 4.54. The monoisotopic (exact) mass is 561 g/mol. The van der Waals surface area contributed by atoms with Gasteiger partial charge in [-0.3, -0.25) is 14.4 Å². The van der Waals surface area contributed by atoms with Crippen molar-refractivity contribution < 1.29 is 44.3 Å². The van der Waals surface area contributed by atoms with E-state index in [0.717, 1.165) is 18.4 Å². The van der Waals surface area contributed by atoms with E-state index in [2.05, 4.69) is 12.2 Å². The van der Waals surface area contributed by atoms with Crippen LogP contribution in [0, 0.1) is 28.6 Å². The summed E-state index contributed by atoms with van der Waals surface area (Å²) in [4.78, 5) is 37.3. The van der Waals surface area contributed by atoms with Crippen LogP contribution in [-0.2, 0) is 23.9 Å². The van der Waals surface area contributed by atoms with Gasteiger partial charge in [-0.1, -0.05) is 25.5 Å². The summed E-state index contributed by atoms with van der Waals surface area (Å²) in [5, 5.41) is 45.9. The molecule has 0 spiro atoms. The van der Waals surface area contributed by atoms with E-state index in [-0.39, 0.29) is 61.9 Å². The number of rotatable bonds is 7. The topological polar surface area (TPSA) is 163 Å². The summed E-state index contributed by atoms with van der Waals surface area (Å²) in [6.07, 6.45) is 4.99. The van der Waals surface area contributed by atoms with Gasteiger partial charge in [0.05, 0.1) is 31.5 Å². The zero-order valence-electron chi connectivity index (χ0n) is 23.5. The second-order valence-electron chi connectivity index (χ2n) is 13.1. The number of allylic oxidation sites excluding steroid dienone is 4. The van der Waals surface area contributed by atoms with Crippen molar-refractivity contribution >= 4 is 17.5 Å². The van der Waals surface area contributed by atoms with Crippen LogP contribution in [0.15, 0.2) is 23.8 Å². The van der Waals surface area contributed by atoms with Crippen LogP contribution in [0.3, 0.4) is 0 Å². The highest BCUT2D eigenvalue weighted by molar-refractivity contribution is 6.01. The minimum Gasteiger partial charge on any atom is -0.394 e. The molecule has 0 aromatic carbocycles. The largest absolute Gasteiger partial charge is 0.394 e. The van der Waals surface area contributed by atoms with Crippen LogP contribution in [0.1, 0.15) is 59.3 Å². The van der Waals surface area contributed by atoms with E-state index >= 15 is 0 Å². The van der Waals surface area contributed by atoms with Crippen LogP contribution in [0.4, 0.5) is 0 Å². The lowest BCUT2D eigenvalue weighted by molar-refractivity contribution is -0.184. The quantitative estimate of drug-likeness (QED) is 0.300. The van der Waals surface area contributed by atoms with Crippen molar-refractivity contribution in [1.29, 1.82) is 0 Å². The Morgan fingerprint density at radius 2 is 1.93 bits per heavy atom. The zero-order valence-corrected chi connectivity index (χ0v) is 23.5. The lowest BCUT2D eigenvalue weighted by Crippen LogP contribution is -2.62. The third-order valence-corrected chi connectivity index (χ3v) is 10.9. The Labute approximate surface area is 234 Å². The first-order valence-corrected chi connectivity index (χ1v) is 14.5. The normalized spacial score (nSPS) is 46.2. The molecule has 10 unspecified atom stereocenters. The van der Waals surface area contributed by atoms with Crippen molar-refractivity contribution in [1.82, 2.24) is 5.32 Å². The molecule has 0 aromatic rings. The molecule has 1 amide bonds. The number of fused-ring (bicyclic) bond motifs is 5. The predicted octanol–water partition coefficient (Wildman–Crippen LogP) is 0.597. The molecule has 10 heteroatoms. The number of hydrogen-bond acceptors (Lipinski definition) is 9. The molecule has 1 aliphatic heterocycles. The summed E-state index contributed by atoms with van der Waals surface area (Å²) < 4.78 is 11.5. The molecule has 222 valence electrons. The Kier molecular flexibility index (Phi) is 7.91. The molecule has 3 saturated carbocycles. The molecule has 5 N–H and O–H groups in total. The number of ketones is 2. The highest BCUT2D eigenvalue weighted by Gasteiger charge is 2.68. The fourth-order valence-corrected chi connectivity index (χ4v) is 8.88. The van der Waals surface area contributed by atoms with Gasteiger partial charge >= 0.3 is 0 Å². The first-order chi connectivity index (χ1) is 18.8. The highest BCUT2D eigenvalue weighted by atomic mass is 16.6. The molecule has 1 heterocycles. The molecular weight excluding hydrogens is 518 g/mol. The highest BCUT2D eigenvalue weighted by Crippen LogP contribution is 2.67. The van der Waals surface area contributed by atoms with E-state index < -0.39 is 59.3 Å². The number of aliphatic hydroxyl groups excluding tert-OH is 3. The molecule has 5 rings (SSSR count). The smallest absolute Gasteiger partial charge is 0.217 e. The van der Waals surface area contributed by atoms with E-state index in [4.69, 9.17) is 9.47 Å². The molecule has 1 saturated heterocycles. The van der Waals surface area contributed by atoms with E-state index in [0.29, 0.717) is 6.42 Å². The average molecular weight is 562 g/mol. The van der Waals surface area contributed by atoms with Gasteiger partial charge in [0, 0.05) is 23.7 Å². The van der Waals surface area contributed by atoms with E-state index in [1.54, 1.807) is 12.2 Å². The molecule has 0 bridgehead atoms. The summed E-state index contributed by atoms with van der Waals surface area (Å²) in [6, 6.07) is -0.553. The third-order valence-electron chi connectivity index (χ3n) is 10.9. The number of nitrogens with one attached hydrogen (secondary N) is 1. The number of carbonyl (C=O) groups excluding carboxylic acids is 3. The first-order valence-electron chi connectivity index (χ1n) is 14.5. The van der Waals surface area contributed by atoms with Crippen molar-refractivity contribution in [3.8, 4) is 0 Å². The second kappa shape index (κ2) is 10.7.